The molecule has 1 saturated heterocycles. The minimum atomic E-state index is -0.183. The standard InChI is InChI=1S/C16H17O3S.Cs/c1-12-8-16(18-10-12)19-14-5-2-4-13(9-14)17-11-15-6-3-7-20-15;/h2-7,9-10,12,16H,8,11H2,1H3;/q-1;+1/t12-,16?;/m1./s1. The van der Waals surface area contributed by atoms with Crippen LogP contribution in [0.15, 0.2) is 41.8 Å². The zero-order chi connectivity index (χ0) is 13.8. The van der Waals surface area contributed by atoms with Crippen LogP contribution in [-0.4, -0.2) is 6.29 Å². The zero-order valence-electron chi connectivity index (χ0n) is 12.3. The van der Waals surface area contributed by atoms with E-state index in [-0.39, 0.29) is 75.2 Å². The SMILES string of the molecule is C[C@H]1[CH-]OC(Oc2cccc(OCc3cccs3)c2)C1.[Cs+]. The van der Waals surface area contributed by atoms with E-state index < -0.39 is 0 Å². The van der Waals surface area contributed by atoms with Gasteiger partial charge in [0.25, 0.3) is 0 Å². The Bertz CT molecular complexity index is 544. The number of benzene rings is 1. The maximum atomic E-state index is 5.79. The maximum Gasteiger partial charge on any atom is 1.00 e. The van der Waals surface area contributed by atoms with Gasteiger partial charge in [-0.1, -0.05) is 19.1 Å². The van der Waals surface area contributed by atoms with Crippen molar-refractivity contribution in [3.8, 4) is 11.5 Å². The molecule has 1 aromatic carbocycles. The second kappa shape index (κ2) is 8.98. The van der Waals surface area contributed by atoms with E-state index in [1.807, 2.05) is 42.3 Å². The van der Waals surface area contributed by atoms with Crippen molar-refractivity contribution in [2.45, 2.75) is 26.2 Å². The van der Waals surface area contributed by atoms with Crippen LogP contribution in [0.25, 0.3) is 0 Å². The Morgan fingerprint density at radius 3 is 2.86 bits per heavy atom. The van der Waals surface area contributed by atoms with Crippen LogP contribution in [0.5, 0.6) is 11.5 Å². The molecule has 2 aromatic rings. The fourth-order valence-electron chi connectivity index (χ4n) is 2.05. The summed E-state index contributed by atoms with van der Waals surface area (Å²) in [6.07, 6.45) is 0.706. The summed E-state index contributed by atoms with van der Waals surface area (Å²) in [6.45, 7) is 4.54. The van der Waals surface area contributed by atoms with Crippen molar-refractivity contribution in [2.75, 3.05) is 0 Å². The summed E-state index contributed by atoms with van der Waals surface area (Å²) in [4.78, 5) is 1.21. The summed E-state index contributed by atoms with van der Waals surface area (Å²) in [5.74, 6) is 2.03. The first-order valence-corrected chi connectivity index (χ1v) is 7.58. The molecule has 0 radical (unpaired) electrons. The summed E-state index contributed by atoms with van der Waals surface area (Å²) in [7, 11) is 0. The Morgan fingerprint density at radius 1 is 1.29 bits per heavy atom. The van der Waals surface area contributed by atoms with E-state index in [2.05, 4.69) is 13.0 Å². The molecule has 2 atom stereocenters. The second-order valence-electron chi connectivity index (χ2n) is 4.88. The van der Waals surface area contributed by atoms with Crippen LogP contribution in [0.1, 0.15) is 18.2 Å². The minimum Gasteiger partial charge on any atom is -0.520 e. The molecule has 3 rings (SSSR count). The Balaban J connectivity index is 0.00000161. The Kier molecular flexibility index (Phi) is 7.65. The third-order valence-electron chi connectivity index (χ3n) is 3.06. The molecule has 0 N–H and O–H groups in total. The van der Waals surface area contributed by atoms with Gasteiger partial charge < -0.3 is 14.2 Å². The van der Waals surface area contributed by atoms with Crippen molar-refractivity contribution >= 4 is 11.3 Å². The first-order valence-electron chi connectivity index (χ1n) is 6.70. The quantitative estimate of drug-likeness (QED) is 0.680. The maximum absolute atomic E-state index is 5.79. The largest absolute Gasteiger partial charge is 1.00 e. The van der Waals surface area contributed by atoms with Crippen LogP contribution in [0.3, 0.4) is 0 Å². The van der Waals surface area contributed by atoms with E-state index in [0.717, 1.165) is 17.9 Å². The first-order chi connectivity index (χ1) is 9.79. The molecule has 0 saturated carbocycles. The molecule has 1 unspecified atom stereocenters. The zero-order valence-corrected chi connectivity index (χ0v) is 19.4. The molecule has 2 heterocycles. The number of ether oxygens (including phenoxy) is 3. The fraction of sp³-hybridized carbons (Fsp3) is 0.312. The fourth-order valence-corrected chi connectivity index (χ4v) is 2.67. The van der Waals surface area contributed by atoms with E-state index in [1.54, 1.807) is 11.3 Å². The molecule has 106 valence electrons. The molecule has 3 nitrogen and oxygen atoms in total. The van der Waals surface area contributed by atoms with Crippen molar-refractivity contribution in [3.05, 3.63) is 53.3 Å². The van der Waals surface area contributed by atoms with E-state index in [9.17, 15) is 0 Å². The van der Waals surface area contributed by atoms with Crippen LogP contribution in [-0.2, 0) is 11.3 Å². The van der Waals surface area contributed by atoms with Gasteiger partial charge in [0.1, 0.15) is 18.1 Å². The molecule has 1 aromatic heterocycles. The molecule has 5 heteroatoms. The normalized spacial score (nSPS) is 20.8. The molecule has 1 aliphatic rings. The predicted octanol–water partition coefficient (Wildman–Crippen LogP) is 1.25. The van der Waals surface area contributed by atoms with Crippen LogP contribution in [0.2, 0.25) is 0 Å². The van der Waals surface area contributed by atoms with Crippen LogP contribution in [0, 0.1) is 12.5 Å². The van der Waals surface area contributed by atoms with Gasteiger partial charge in [0.2, 0.25) is 0 Å². The van der Waals surface area contributed by atoms with Gasteiger partial charge in [-0.15, -0.1) is 17.3 Å². The smallest absolute Gasteiger partial charge is 0.520 e. The monoisotopic (exact) mass is 422 g/mol. The summed E-state index contributed by atoms with van der Waals surface area (Å²) >= 11 is 1.69. The van der Waals surface area contributed by atoms with E-state index in [4.69, 9.17) is 14.2 Å². The molecule has 21 heavy (non-hydrogen) atoms. The van der Waals surface area contributed by atoms with Gasteiger partial charge in [-0.3, -0.25) is 0 Å². The molecular weight excluding hydrogens is 405 g/mol. The minimum absolute atomic E-state index is 0. The average molecular weight is 422 g/mol. The predicted molar refractivity (Wildman–Crippen MR) is 78.7 cm³/mol. The van der Waals surface area contributed by atoms with Gasteiger partial charge in [0.05, 0.1) is 0 Å². The van der Waals surface area contributed by atoms with Gasteiger partial charge in [-0.05, 0) is 30.0 Å². The second-order valence-corrected chi connectivity index (χ2v) is 5.91. The Hall–Kier alpha value is 0.532. The van der Waals surface area contributed by atoms with Gasteiger partial charge in [0.15, 0.2) is 6.29 Å². The van der Waals surface area contributed by atoms with Gasteiger partial charge >= 0.3 is 68.9 Å². The number of thiophene rings is 1. The van der Waals surface area contributed by atoms with Crippen LogP contribution < -0.4 is 78.4 Å². The van der Waals surface area contributed by atoms with E-state index >= 15 is 0 Å². The van der Waals surface area contributed by atoms with Crippen molar-refractivity contribution in [1.29, 1.82) is 0 Å². The topological polar surface area (TPSA) is 27.7 Å². The summed E-state index contributed by atoms with van der Waals surface area (Å²) in [5, 5.41) is 2.05. The summed E-state index contributed by atoms with van der Waals surface area (Å²) < 4.78 is 17.0. The number of hydrogen-bond donors (Lipinski definition) is 0. The van der Waals surface area contributed by atoms with Crippen molar-refractivity contribution in [1.82, 2.24) is 0 Å². The summed E-state index contributed by atoms with van der Waals surface area (Å²) in [6, 6.07) is 11.8. The molecule has 0 amide bonds. The molecule has 1 fully saturated rings. The molecule has 0 bridgehead atoms. The molecular formula is C16H17CsO3S. The third-order valence-corrected chi connectivity index (χ3v) is 3.91. The van der Waals surface area contributed by atoms with Crippen molar-refractivity contribution in [2.24, 2.45) is 5.92 Å². The average Bonchev–Trinajstić information content (AvgIpc) is 3.09. The number of hydrogen-bond acceptors (Lipinski definition) is 4. The molecule has 0 aliphatic carbocycles. The van der Waals surface area contributed by atoms with E-state index in [1.165, 1.54) is 4.88 Å². The number of rotatable bonds is 5. The van der Waals surface area contributed by atoms with Crippen molar-refractivity contribution < 1.29 is 83.1 Å². The summed E-state index contributed by atoms with van der Waals surface area (Å²) in [5.41, 5.74) is 0. The van der Waals surface area contributed by atoms with Crippen molar-refractivity contribution in [3.63, 3.8) is 0 Å². The van der Waals surface area contributed by atoms with E-state index in [0.29, 0.717) is 12.5 Å². The van der Waals surface area contributed by atoms with Gasteiger partial charge in [-0.25, -0.2) is 6.61 Å². The molecule has 1 aliphatic heterocycles. The Morgan fingerprint density at radius 2 is 2.14 bits per heavy atom. The van der Waals surface area contributed by atoms with Gasteiger partial charge in [-0.2, -0.15) is 0 Å². The Labute approximate surface area is 188 Å². The van der Waals surface area contributed by atoms with Crippen LogP contribution in [0.4, 0.5) is 0 Å². The molecule has 0 spiro atoms. The first kappa shape index (κ1) is 17.9. The van der Waals surface area contributed by atoms with Gasteiger partial charge in [0, 0.05) is 10.9 Å². The van der Waals surface area contributed by atoms with Crippen LogP contribution >= 0.6 is 11.3 Å². The third kappa shape index (κ3) is 5.59.